The van der Waals surface area contributed by atoms with Crippen molar-refractivity contribution in [3.05, 3.63) is 23.8 Å². The molecule has 2 atom stereocenters. The first kappa shape index (κ1) is 14.9. The van der Waals surface area contributed by atoms with Gasteiger partial charge in [-0.15, -0.1) is 0 Å². The first-order valence-corrected chi connectivity index (χ1v) is 7.31. The molecule has 1 fully saturated rings. The lowest BCUT2D eigenvalue weighted by Crippen LogP contribution is -2.48. The zero-order valence-electron chi connectivity index (χ0n) is 12.9. The Balaban J connectivity index is 2.07. The molecule has 4 nitrogen and oxygen atoms in total. The number of nitrogens with one attached hydrogen (secondary N) is 2. The van der Waals surface area contributed by atoms with Crippen molar-refractivity contribution in [2.45, 2.75) is 32.7 Å². The smallest absolute Gasteiger partial charge is 0.241 e. The van der Waals surface area contributed by atoms with E-state index < -0.39 is 0 Å². The van der Waals surface area contributed by atoms with Gasteiger partial charge in [-0.2, -0.15) is 0 Å². The van der Waals surface area contributed by atoms with Gasteiger partial charge in [-0.3, -0.25) is 4.79 Å². The summed E-state index contributed by atoms with van der Waals surface area (Å²) in [6.07, 6.45) is 2.27. The molecule has 0 aliphatic carbocycles. The fraction of sp³-hybridized carbons (Fsp3) is 0.562. The molecule has 1 aliphatic rings. The lowest BCUT2D eigenvalue weighted by molar-refractivity contribution is -0.119. The largest absolute Gasteiger partial charge is 0.378 e. The van der Waals surface area contributed by atoms with Gasteiger partial charge in [-0.05, 0) is 56.0 Å². The van der Waals surface area contributed by atoms with Gasteiger partial charge in [-0.1, -0.05) is 6.92 Å². The van der Waals surface area contributed by atoms with E-state index in [9.17, 15) is 4.79 Å². The van der Waals surface area contributed by atoms with E-state index in [0.717, 1.165) is 36.3 Å². The molecular weight excluding hydrogens is 250 g/mol. The fourth-order valence-electron chi connectivity index (χ4n) is 2.68. The summed E-state index contributed by atoms with van der Waals surface area (Å²) in [4.78, 5) is 14.4. The van der Waals surface area contributed by atoms with Crippen LogP contribution in [0.25, 0.3) is 0 Å². The molecule has 2 unspecified atom stereocenters. The van der Waals surface area contributed by atoms with Crippen LogP contribution in [-0.2, 0) is 4.79 Å². The van der Waals surface area contributed by atoms with Gasteiger partial charge in [0.05, 0.1) is 6.04 Å². The van der Waals surface area contributed by atoms with Gasteiger partial charge in [0.15, 0.2) is 0 Å². The summed E-state index contributed by atoms with van der Waals surface area (Å²) >= 11 is 0. The van der Waals surface area contributed by atoms with E-state index in [1.54, 1.807) is 0 Å². The van der Waals surface area contributed by atoms with Crippen LogP contribution in [-0.4, -0.2) is 32.6 Å². The number of amides is 1. The van der Waals surface area contributed by atoms with Gasteiger partial charge in [0.1, 0.15) is 0 Å². The molecule has 0 spiro atoms. The summed E-state index contributed by atoms with van der Waals surface area (Å²) in [7, 11) is 4.03. The first-order valence-electron chi connectivity index (χ1n) is 7.31. The summed E-state index contributed by atoms with van der Waals surface area (Å²) in [5, 5.41) is 6.37. The topological polar surface area (TPSA) is 44.4 Å². The molecule has 20 heavy (non-hydrogen) atoms. The second-order valence-electron chi connectivity index (χ2n) is 5.93. The highest BCUT2D eigenvalue weighted by Gasteiger charge is 2.27. The lowest BCUT2D eigenvalue weighted by atomic mass is 9.92. The molecule has 1 aliphatic heterocycles. The standard InChI is InChI=1S/C16H25N3O/c1-11-6-5-9-17-15(11)16(20)18-14-8-7-13(19(3)4)10-12(14)2/h7-8,10-11,15,17H,5-6,9H2,1-4H3,(H,18,20). The van der Waals surface area contributed by atoms with Crippen LogP contribution in [0.5, 0.6) is 0 Å². The number of piperidine rings is 1. The molecule has 0 bridgehead atoms. The number of hydrogen-bond acceptors (Lipinski definition) is 3. The van der Waals surface area contributed by atoms with E-state index in [1.807, 2.05) is 33.2 Å². The van der Waals surface area contributed by atoms with Crippen molar-refractivity contribution in [1.29, 1.82) is 0 Å². The molecule has 0 radical (unpaired) electrons. The second-order valence-corrected chi connectivity index (χ2v) is 5.93. The van der Waals surface area contributed by atoms with Gasteiger partial charge >= 0.3 is 0 Å². The highest BCUT2D eigenvalue weighted by Crippen LogP contribution is 2.23. The predicted molar refractivity (Wildman–Crippen MR) is 84.3 cm³/mol. The molecule has 110 valence electrons. The third kappa shape index (κ3) is 3.31. The number of aryl methyl sites for hydroxylation is 1. The molecule has 1 heterocycles. The van der Waals surface area contributed by atoms with Gasteiger partial charge < -0.3 is 15.5 Å². The third-order valence-corrected chi connectivity index (χ3v) is 4.04. The van der Waals surface area contributed by atoms with Crippen LogP contribution >= 0.6 is 0 Å². The van der Waals surface area contributed by atoms with Crippen molar-refractivity contribution in [2.75, 3.05) is 30.9 Å². The summed E-state index contributed by atoms with van der Waals surface area (Å²) in [5.41, 5.74) is 3.14. The molecule has 4 heteroatoms. The minimum absolute atomic E-state index is 0.0725. The molecule has 1 aromatic rings. The number of carbonyl (C=O) groups excluding carboxylic acids is 1. The Morgan fingerprint density at radius 3 is 2.75 bits per heavy atom. The van der Waals surface area contributed by atoms with E-state index in [4.69, 9.17) is 0 Å². The van der Waals surface area contributed by atoms with Crippen LogP contribution in [0, 0.1) is 12.8 Å². The maximum atomic E-state index is 12.4. The van der Waals surface area contributed by atoms with Crippen molar-refractivity contribution in [3.63, 3.8) is 0 Å². The number of benzene rings is 1. The number of anilines is 2. The Hall–Kier alpha value is -1.55. The quantitative estimate of drug-likeness (QED) is 0.890. The van der Waals surface area contributed by atoms with Gasteiger partial charge in [0.25, 0.3) is 0 Å². The van der Waals surface area contributed by atoms with E-state index >= 15 is 0 Å². The number of hydrogen-bond donors (Lipinski definition) is 2. The van der Waals surface area contributed by atoms with Crippen molar-refractivity contribution in [2.24, 2.45) is 5.92 Å². The van der Waals surface area contributed by atoms with E-state index in [2.05, 4.69) is 28.5 Å². The van der Waals surface area contributed by atoms with Gasteiger partial charge in [-0.25, -0.2) is 0 Å². The summed E-state index contributed by atoms with van der Waals surface area (Å²) in [5.74, 6) is 0.475. The van der Waals surface area contributed by atoms with Crippen molar-refractivity contribution in [3.8, 4) is 0 Å². The van der Waals surface area contributed by atoms with E-state index in [1.165, 1.54) is 0 Å². The second kappa shape index (κ2) is 6.27. The number of rotatable bonds is 3. The van der Waals surface area contributed by atoms with E-state index in [-0.39, 0.29) is 11.9 Å². The Morgan fingerprint density at radius 2 is 2.15 bits per heavy atom. The Labute approximate surface area is 121 Å². The number of nitrogens with zero attached hydrogens (tertiary/aromatic N) is 1. The summed E-state index contributed by atoms with van der Waals surface area (Å²) in [6.45, 7) is 5.10. The maximum Gasteiger partial charge on any atom is 0.241 e. The van der Waals surface area contributed by atoms with Crippen LogP contribution in [0.2, 0.25) is 0 Å². The average molecular weight is 275 g/mol. The zero-order valence-corrected chi connectivity index (χ0v) is 12.9. The van der Waals surface area contributed by atoms with Gasteiger partial charge in [0, 0.05) is 25.5 Å². The van der Waals surface area contributed by atoms with Crippen molar-refractivity contribution in [1.82, 2.24) is 5.32 Å². The molecule has 0 saturated carbocycles. The average Bonchev–Trinajstić information content (AvgIpc) is 2.41. The molecule has 1 amide bonds. The van der Waals surface area contributed by atoms with Crippen molar-refractivity contribution >= 4 is 17.3 Å². The Bertz CT molecular complexity index is 485. The molecule has 0 aromatic heterocycles. The molecule has 2 rings (SSSR count). The minimum atomic E-state index is -0.0725. The third-order valence-electron chi connectivity index (χ3n) is 4.04. The number of carbonyl (C=O) groups is 1. The molecule has 1 aromatic carbocycles. The fourth-order valence-corrected chi connectivity index (χ4v) is 2.68. The summed E-state index contributed by atoms with van der Waals surface area (Å²) in [6, 6.07) is 6.03. The zero-order chi connectivity index (χ0) is 14.7. The normalized spacial score (nSPS) is 22.4. The Kier molecular flexibility index (Phi) is 4.65. The SMILES string of the molecule is Cc1cc(N(C)C)ccc1NC(=O)C1NCCCC1C. The molecule has 1 saturated heterocycles. The van der Waals surface area contributed by atoms with Gasteiger partial charge in [0.2, 0.25) is 5.91 Å². The predicted octanol–water partition coefficient (Wildman–Crippen LogP) is 2.39. The maximum absolute atomic E-state index is 12.4. The monoisotopic (exact) mass is 275 g/mol. The lowest BCUT2D eigenvalue weighted by Gasteiger charge is -2.29. The molecular formula is C16H25N3O. The van der Waals surface area contributed by atoms with Crippen LogP contribution in [0.1, 0.15) is 25.3 Å². The van der Waals surface area contributed by atoms with E-state index in [0.29, 0.717) is 5.92 Å². The highest BCUT2D eigenvalue weighted by atomic mass is 16.2. The van der Waals surface area contributed by atoms with Crippen LogP contribution < -0.4 is 15.5 Å². The van der Waals surface area contributed by atoms with Crippen LogP contribution in [0.15, 0.2) is 18.2 Å². The van der Waals surface area contributed by atoms with Crippen LogP contribution in [0.4, 0.5) is 11.4 Å². The highest BCUT2D eigenvalue weighted by molar-refractivity contribution is 5.96. The minimum Gasteiger partial charge on any atom is -0.378 e. The van der Waals surface area contributed by atoms with Crippen LogP contribution in [0.3, 0.4) is 0 Å². The van der Waals surface area contributed by atoms with Crippen molar-refractivity contribution < 1.29 is 4.79 Å². The Morgan fingerprint density at radius 1 is 1.40 bits per heavy atom. The first-order chi connectivity index (χ1) is 9.49. The molecule has 2 N–H and O–H groups in total. The summed E-state index contributed by atoms with van der Waals surface area (Å²) < 4.78 is 0.